The van der Waals surface area contributed by atoms with E-state index < -0.39 is 21.7 Å². The minimum absolute atomic E-state index is 0.00856. The molecule has 0 unspecified atom stereocenters. The summed E-state index contributed by atoms with van der Waals surface area (Å²) < 4.78 is 36.8. The average Bonchev–Trinajstić information content (AvgIpc) is 3.05. The fraction of sp³-hybridized carbons (Fsp3) is 0.737. The van der Waals surface area contributed by atoms with Gasteiger partial charge in [0.1, 0.15) is 17.7 Å². The fourth-order valence-electron chi connectivity index (χ4n) is 3.82. The summed E-state index contributed by atoms with van der Waals surface area (Å²) in [4.78, 5) is 8.54. The van der Waals surface area contributed by atoms with Gasteiger partial charge in [0, 0.05) is 26.2 Å². The second-order valence-corrected chi connectivity index (χ2v) is 10.1. The van der Waals surface area contributed by atoms with Crippen molar-refractivity contribution in [3.63, 3.8) is 0 Å². The van der Waals surface area contributed by atoms with Crippen molar-refractivity contribution < 1.29 is 23.0 Å². The molecule has 1 aliphatic carbocycles. The van der Waals surface area contributed by atoms with E-state index in [0.29, 0.717) is 44.7 Å². The summed E-state index contributed by atoms with van der Waals surface area (Å²) in [5.74, 6) is 0.454. The monoisotopic (exact) mass is 439 g/mol. The first-order chi connectivity index (χ1) is 14.2. The normalized spacial score (nSPS) is 25.7. The molecule has 3 rings (SSSR count). The Hall–Kier alpha value is -2.00. The molecule has 0 aromatic carbocycles. The van der Waals surface area contributed by atoms with Crippen LogP contribution in [0, 0.1) is 11.3 Å². The minimum atomic E-state index is -3.31. The van der Waals surface area contributed by atoms with Crippen molar-refractivity contribution in [3.05, 3.63) is 11.8 Å². The number of anilines is 1. The first kappa shape index (κ1) is 22.7. The van der Waals surface area contributed by atoms with E-state index in [1.807, 2.05) is 6.07 Å². The first-order valence-electron chi connectivity index (χ1n) is 10.1. The van der Waals surface area contributed by atoms with Gasteiger partial charge in [-0.15, -0.1) is 0 Å². The van der Waals surface area contributed by atoms with Crippen molar-refractivity contribution in [2.45, 2.75) is 56.8 Å². The van der Waals surface area contributed by atoms with E-state index in [9.17, 15) is 18.8 Å². The van der Waals surface area contributed by atoms with Crippen molar-refractivity contribution in [1.82, 2.24) is 14.3 Å². The molecule has 1 saturated carbocycles. The third-order valence-corrected chi connectivity index (χ3v) is 7.53. The molecule has 1 aliphatic heterocycles. The largest absolute Gasteiger partial charge is 0.470 e. The van der Waals surface area contributed by atoms with Crippen molar-refractivity contribution in [1.29, 1.82) is 5.26 Å². The molecule has 0 amide bonds. The lowest BCUT2D eigenvalue weighted by atomic mass is 10.0. The molecular weight excluding hydrogens is 410 g/mol. The smallest absolute Gasteiger partial charge is 0.236 e. The number of nitrogens with one attached hydrogen (secondary N) is 1. The number of methoxy groups -OCH3 is 1. The molecular formula is C19H29N5O5S. The molecule has 1 aromatic rings. The number of rotatable bonds is 8. The topological polar surface area (TPSA) is 138 Å². The number of ether oxygens (including phenoxy) is 2. The Balaban J connectivity index is 1.62. The van der Waals surface area contributed by atoms with E-state index in [2.05, 4.69) is 15.3 Å². The number of sulfonamides is 1. The van der Waals surface area contributed by atoms with Crippen molar-refractivity contribution in [2.24, 2.45) is 0 Å². The van der Waals surface area contributed by atoms with Gasteiger partial charge in [-0.05, 0) is 39.0 Å². The van der Waals surface area contributed by atoms with Crippen LogP contribution < -0.4 is 10.1 Å². The molecule has 1 saturated heterocycles. The number of hydrogen-bond acceptors (Lipinski definition) is 9. The van der Waals surface area contributed by atoms with Gasteiger partial charge < -0.3 is 19.9 Å². The summed E-state index contributed by atoms with van der Waals surface area (Å²) in [6, 6.07) is 2.03. The maximum atomic E-state index is 12.3. The fourth-order valence-corrected chi connectivity index (χ4v) is 5.22. The van der Waals surface area contributed by atoms with Gasteiger partial charge >= 0.3 is 0 Å². The van der Waals surface area contributed by atoms with Gasteiger partial charge in [-0.2, -0.15) is 10.2 Å². The first-order valence-corrected chi connectivity index (χ1v) is 11.8. The zero-order chi connectivity index (χ0) is 21.8. The van der Waals surface area contributed by atoms with Gasteiger partial charge in [-0.25, -0.2) is 17.7 Å². The zero-order valence-corrected chi connectivity index (χ0v) is 18.2. The van der Waals surface area contributed by atoms with Gasteiger partial charge in [0.05, 0.1) is 24.2 Å². The highest BCUT2D eigenvalue weighted by molar-refractivity contribution is 7.89. The maximum Gasteiger partial charge on any atom is 0.236 e. The number of aliphatic hydroxyl groups is 1. The van der Waals surface area contributed by atoms with Crippen LogP contribution in [0.2, 0.25) is 0 Å². The second kappa shape index (κ2) is 9.43. The Labute approximate surface area is 177 Å². The third-order valence-electron chi connectivity index (χ3n) is 5.70. The molecule has 0 bridgehead atoms. The highest BCUT2D eigenvalue weighted by atomic mass is 32.2. The van der Waals surface area contributed by atoms with Crippen LogP contribution in [0.15, 0.2) is 6.20 Å². The lowest BCUT2D eigenvalue weighted by molar-refractivity contribution is -0.0271. The summed E-state index contributed by atoms with van der Waals surface area (Å²) in [6.45, 7) is 2.73. The Morgan fingerprint density at radius 1 is 1.40 bits per heavy atom. The van der Waals surface area contributed by atoms with Crippen LogP contribution in [-0.4, -0.2) is 78.1 Å². The maximum absolute atomic E-state index is 12.3. The molecule has 2 aliphatic rings. The summed E-state index contributed by atoms with van der Waals surface area (Å²) in [5, 5.41) is 23.0. The van der Waals surface area contributed by atoms with Crippen LogP contribution in [0.25, 0.3) is 0 Å². The van der Waals surface area contributed by atoms with Gasteiger partial charge in [0.15, 0.2) is 0 Å². The van der Waals surface area contributed by atoms with Crippen LogP contribution in [0.5, 0.6) is 5.88 Å². The van der Waals surface area contributed by atoms with Crippen LogP contribution in [0.3, 0.4) is 0 Å². The van der Waals surface area contributed by atoms with Gasteiger partial charge in [0.2, 0.25) is 21.9 Å². The third kappa shape index (κ3) is 5.37. The number of aromatic nitrogens is 2. The average molecular weight is 440 g/mol. The van der Waals surface area contributed by atoms with Gasteiger partial charge in [0.25, 0.3) is 0 Å². The summed E-state index contributed by atoms with van der Waals surface area (Å²) >= 11 is 0. The predicted molar refractivity (Wildman–Crippen MR) is 110 cm³/mol. The van der Waals surface area contributed by atoms with Crippen LogP contribution >= 0.6 is 0 Å². The standard InChI is InChI=1S/C19H29N5O5S/c1-19(25)7-3-4-16(19)29-17-14(12-20)13-21-18(23-17)22-15-5-8-24(9-6-15)30(26,27)11-10-28-2/h13,15-16,25H,3-11H2,1-2H3,(H,21,22,23)/t16-,19+/m0/s1. The Morgan fingerprint density at radius 3 is 2.73 bits per heavy atom. The molecule has 0 spiro atoms. The van der Waals surface area contributed by atoms with Crippen LogP contribution in [-0.2, 0) is 14.8 Å². The second-order valence-electron chi connectivity index (χ2n) is 8.01. The highest BCUT2D eigenvalue weighted by Gasteiger charge is 2.39. The summed E-state index contributed by atoms with van der Waals surface area (Å²) in [6.07, 6.45) is 4.39. The molecule has 166 valence electrons. The van der Waals surface area contributed by atoms with E-state index in [4.69, 9.17) is 9.47 Å². The molecule has 2 N–H and O–H groups in total. The van der Waals surface area contributed by atoms with Crippen molar-refractivity contribution >= 4 is 16.0 Å². The molecule has 0 radical (unpaired) electrons. The quantitative estimate of drug-likeness (QED) is 0.604. The van der Waals surface area contributed by atoms with Crippen LogP contribution in [0.1, 0.15) is 44.6 Å². The van der Waals surface area contributed by atoms with E-state index in [0.717, 1.165) is 6.42 Å². The number of nitriles is 1. The number of hydrogen-bond donors (Lipinski definition) is 2. The van der Waals surface area contributed by atoms with Crippen molar-refractivity contribution in [2.75, 3.05) is 37.9 Å². The van der Waals surface area contributed by atoms with E-state index in [-0.39, 0.29) is 29.8 Å². The van der Waals surface area contributed by atoms with Gasteiger partial charge in [-0.1, -0.05) is 0 Å². The lowest BCUT2D eigenvalue weighted by Gasteiger charge is -2.31. The Kier molecular flexibility index (Phi) is 7.13. The molecule has 10 nitrogen and oxygen atoms in total. The van der Waals surface area contributed by atoms with Gasteiger partial charge in [-0.3, -0.25) is 0 Å². The zero-order valence-electron chi connectivity index (χ0n) is 17.4. The summed E-state index contributed by atoms with van der Waals surface area (Å²) in [7, 11) is -1.83. The SMILES string of the molecule is COCCS(=O)(=O)N1CCC(Nc2ncc(C#N)c(O[C@H]3CCC[C@@]3(C)O)n2)CC1. The molecule has 1 aromatic heterocycles. The highest BCUT2D eigenvalue weighted by Crippen LogP contribution is 2.33. The molecule has 11 heteroatoms. The molecule has 2 heterocycles. The van der Waals surface area contributed by atoms with E-state index >= 15 is 0 Å². The van der Waals surface area contributed by atoms with Crippen molar-refractivity contribution in [3.8, 4) is 11.9 Å². The minimum Gasteiger partial charge on any atom is -0.470 e. The van der Waals surface area contributed by atoms with Crippen LogP contribution in [0.4, 0.5) is 5.95 Å². The Morgan fingerprint density at radius 2 is 2.13 bits per heavy atom. The molecule has 2 fully saturated rings. The number of nitrogens with zero attached hydrogens (tertiary/aromatic N) is 4. The molecule has 30 heavy (non-hydrogen) atoms. The number of piperidine rings is 1. The lowest BCUT2D eigenvalue weighted by Crippen LogP contribution is -2.44. The molecule has 2 atom stereocenters. The predicted octanol–water partition coefficient (Wildman–Crippen LogP) is 0.883. The van der Waals surface area contributed by atoms with E-state index in [1.165, 1.54) is 17.6 Å². The van der Waals surface area contributed by atoms with E-state index in [1.54, 1.807) is 6.92 Å². The summed E-state index contributed by atoms with van der Waals surface area (Å²) in [5.41, 5.74) is -0.742. The Bertz CT molecular complexity index is 878.